The second kappa shape index (κ2) is 6.01. The number of nitrogens with two attached hydrogens (primary N) is 1. The maximum atomic E-state index is 10.8. The zero-order valence-electron chi connectivity index (χ0n) is 10.8. The van der Waals surface area contributed by atoms with E-state index in [0.717, 1.165) is 25.9 Å². The van der Waals surface area contributed by atoms with Crippen LogP contribution in [0.4, 0.5) is 11.9 Å². The first-order valence-corrected chi connectivity index (χ1v) is 6.64. The second-order valence-electron chi connectivity index (χ2n) is 4.64. The fourth-order valence-corrected chi connectivity index (χ4v) is 2.19. The van der Waals surface area contributed by atoms with Gasteiger partial charge >= 0.3 is 0 Å². The molecule has 0 aliphatic carbocycles. The van der Waals surface area contributed by atoms with E-state index in [1.54, 1.807) is 0 Å². The Hall–Kier alpha value is -1.63. The first kappa shape index (κ1) is 13.8. The van der Waals surface area contributed by atoms with Gasteiger partial charge in [-0.3, -0.25) is 4.79 Å². The predicted molar refractivity (Wildman–Crippen MR) is 73.2 cm³/mol. The van der Waals surface area contributed by atoms with Gasteiger partial charge in [0.1, 0.15) is 0 Å². The van der Waals surface area contributed by atoms with E-state index < -0.39 is 0 Å². The van der Waals surface area contributed by atoms with Crippen molar-refractivity contribution in [1.29, 1.82) is 0 Å². The Morgan fingerprint density at radius 1 is 1.42 bits per heavy atom. The number of halogens is 1. The van der Waals surface area contributed by atoms with Crippen LogP contribution in [0.1, 0.15) is 26.2 Å². The molecule has 2 heterocycles. The van der Waals surface area contributed by atoms with Crippen molar-refractivity contribution in [3.63, 3.8) is 0 Å². The number of hydrogen-bond acceptors (Lipinski definition) is 6. The highest BCUT2D eigenvalue weighted by atomic mass is 35.5. The Morgan fingerprint density at radius 3 is 2.74 bits per heavy atom. The molecule has 3 N–H and O–H groups in total. The van der Waals surface area contributed by atoms with Crippen LogP contribution < -0.4 is 16.0 Å². The Labute approximate surface area is 116 Å². The summed E-state index contributed by atoms with van der Waals surface area (Å²) in [6.07, 6.45) is 2.47. The minimum Gasteiger partial charge on any atom is -0.370 e. The van der Waals surface area contributed by atoms with E-state index in [-0.39, 0.29) is 23.7 Å². The summed E-state index contributed by atoms with van der Waals surface area (Å²) >= 11 is 5.90. The maximum absolute atomic E-state index is 10.8. The predicted octanol–water partition coefficient (Wildman–Crippen LogP) is 0.801. The molecule has 0 spiro atoms. The summed E-state index contributed by atoms with van der Waals surface area (Å²) in [5, 5.41) is 3.15. The quantitative estimate of drug-likeness (QED) is 0.830. The van der Waals surface area contributed by atoms with E-state index in [1.165, 1.54) is 0 Å². The number of carbonyl (C=O) groups excluding carboxylic acids is 1. The normalized spacial score (nSPS) is 16.4. The van der Waals surface area contributed by atoms with E-state index in [4.69, 9.17) is 17.3 Å². The fraction of sp³-hybridized carbons (Fsp3) is 0.636. The van der Waals surface area contributed by atoms with Crippen LogP contribution in [-0.2, 0) is 4.79 Å². The molecule has 0 saturated carbocycles. The van der Waals surface area contributed by atoms with Gasteiger partial charge < -0.3 is 16.0 Å². The lowest BCUT2D eigenvalue weighted by atomic mass is 10.2. The first-order chi connectivity index (χ1) is 9.04. The highest BCUT2D eigenvalue weighted by Crippen LogP contribution is 2.19. The molecule has 0 radical (unpaired) electrons. The molecule has 1 atom stereocenters. The molecule has 0 aromatic carbocycles. The maximum Gasteiger partial charge on any atom is 0.231 e. The first-order valence-electron chi connectivity index (χ1n) is 6.26. The lowest BCUT2D eigenvalue weighted by Crippen LogP contribution is -2.26. The lowest BCUT2D eigenvalue weighted by Gasteiger charge is -2.17. The van der Waals surface area contributed by atoms with Crippen molar-refractivity contribution in [1.82, 2.24) is 15.0 Å². The summed E-state index contributed by atoms with van der Waals surface area (Å²) in [6, 6.07) is -0.151. The number of amides is 1. The van der Waals surface area contributed by atoms with Gasteiger partial charge in [-0.15, -0.1) is 0 Å². The highest BCUT2D eigenvalue weighted by molar-refractivity contribution is 6.28. The van der Waals surface area contributed by atoms with Gasteiger partial charge in [0.25, 0.3) is 0 Å². The number of nitrogens with one attached hydrogen (secondary N) is 1. The molecule has 2 rings (SSSR count). The molecule has 1 amide bonds. The molecule has 1 aromatic rings. The van der Waals surface area contributed by atoms with E-state index in [0.29, 0.717) is 11.9 Å². The van der Waals surface area contributed by atoms with E-state index in [2.05, 4.69) is 25.2 Å². The zero-order chi connectivity index (χ0) is 13.8. The Bertz CT molecular complexity index is 462. The van der Waals surface area contributed by atoms with Crippen LogP contribution in [0.5, 0.6) is 0 Å². The molecule has 104 valence electrons. The summed E-state index contributed by atoms with van der Waals surface area (Å²) < 4.78 is 0. The largest absolute Gasteiger partial charge is 0.370 e. The SMILES string of the molecule is CC(CC(N)=O)Nc1nc(Cl)nc(N2CCCC2)n1. The minimum atomic E-state index is -0.375. The Kier molecular flexibility index (Phi) is 4.36. The van der Waals surface area contributed by atoms with Crippen LogP contribution in [0, 0.1) is 0 Å². The molecule has 1 unspecified atom stereocenters. The van der Waals surface area contributed by atoms with Crippen molar-refractivity contribution in [2.75, 3.05) is 23.3 Å². The van der Waals surface area contributed by atoms with Crippen molar-refractivity contribution in [3.8, 4) is 0 Å². The van der Waals surface area contributed by atoms with Crippen LogP contribution in [-0.4, -0.2) is 40.0 Å². The number of anilines is 2. The van der Waals surface area contributed by atoms with Crippen molar-refractivity contribution in [3.05, 3.63) is 5.28 Å². The molecule has 1 saturated heterocycles. The Morgan fingerprint density at radius 2 is 2.11 bits per heavy atom. The molecule has 19 heavy (non-hydrogen) atoms. The topological polar surface area (TPSA) is 97.0 Å². The van der Waals surface area contributed by atoms with E-state index >= 15 is 0 Å². The van der Waals surface area contributed by atoms with Gasteiger partial charge in [0.2, 0.25) is 23.1 Å². The standard InChI is InChI=1S/C11H17ClN6O/c1-7(6-8(13)19)14-10-15-9(12)16-11(17-10)18-4-2-3-5-18/h7H,2-6H2,1H3,(H2,13,19)(H,14,15,16,17). The molecule has 1 fully saturated rings. The van der Waals surface area contributed by atoms with Gasteiger partial charge in [-0.2, -0.15) is 15.0 Å². The average Bonchev–Trinajstić information content (AvgIpc) is 2.79. The van der Waals surface area contributed by atoms with Crippen LogP contribution in [0.3, 0.4) is 0 Å². The van der Waals surface area contributed by atoms with Crippen molar-refractivity contribution < 1.29 is 4.79 Å². The van der Waals surface area contributed by atoms with Crippen LogP contribution in [0.25, 0.3) is 0 Å². The van der Waals surface area contributed by atoms with Gasteiger partial charge in [-0.25, -0.2) is 0 Å². The summed E-state index contributed by atoms with van der Waals surface area (Å²) in [4.78, 5) is 25.4. The minimum absolute atomic E-state index is 0.144. The smallest absolute Gasteiger partial charge is 0.231 e. The van der Waals surface area contributed by atoms with Crippen LogP contribution >= 0.6 is 11.6 Å². The second-order valence-corrected chi connectivity index (χ2v) is 4.98. The van der Waals surface area contributed by atoms with E-state index in [9.17, 15) is 4.79 Å². The zero-order valence-corrected chi connectivity index (χ0v) is 11.5. The summed E-state index contributed by atoms with van der Waals surface area (Å²) in [7, 11) is 0. The summed E-state index contributed by atoms with van der Waals surface area (Å²) in [5.74, 6) is 0.571. The molecule has 8 heteroatoms. The van der Waals surface area contributed by atoms with Crippen molar-refractivity contribution in [2.45, 2.75) is 32.2 Å². The number of carbonyl (C=O) groups is 1. The fourth-order valence-electron chi connectivity index (χ4n) is 2.04. The van der Waals surface area contributed by atoms with Gasteiger partial charge in [-0.1, -0.05) is 0 Å². The van der Waals surface area contributed by atoms with Gasteiger partial charge in [0, 0.05) is 25.6 Å². The highest BCUT2D eigenvalue weighted by Gasteiger charge is 2.17. The number of primary amides is 1. The molecular formula is C11H17ClN6O. The van der Waals surface area contributed by atoms with Crippen LogP contribution in [0.15, 0.2) is 0 Å². The summed E-state index contributed by atoms with van der Waals surface area (Å²) in [5.41, 5.74) is 5.14. The number of hydrogen-bond donors (Lipinski definition) is 2. The molecule has 1 aromatic heterocycles. The van der Waals surface area contributed by atoms with Gasteiger partial charge in [0.15, 0.2) is 0 Å². The van der Waals surface area contributed by atoms with Crippen molar-refractivity contribution in [2.24, 2.45) is 5.73 Å². The summed E-state index contributed by atoms with van der Waals surface area (Å²) in [6.45, 7) is 3.69. The molecule has 7 nitrogen and oxygen atoms in total. The Balaban J connectivity index is 2.09. The molecule has 0 bridgehead atoms. The van der Waals surface area contributed by atoms with Gasteiger partial charge in [0.05, 0.1) is 0 Å². The van der Waals surface area contributed by atoms with E-state index in [1.807, 2.05) is 6.92 Å². The third kappa shape index (κ3) is 3.92. The van der Waals surface area contributed by atoms with Crippen LogP contribution in [0.2, 0.25) is 5.28 Å². The molecule has 1 aliphatic rings. The monoisotopic (exact) mass is 284 g/mol. The van der Waals surface area contributed by atoms with Gasteiger partial charge in [-0.05, 0) is 31.4 Å². The molecule has 1 aliphatic heterocycles. The third-order valence-corrected chi connectivity index (χ3v) is 3.04. The molecular weight excluding hydrogens is 268 g/mol. The average molecular weight is 285 g/mol. The number of aromatic nitrogens is 3. The number of rotatable bonds is 5. The third-order valence-electron chi connectivity index (χ3n) is 2.87. The number of nitrogens with zero attached hydrogens (tertiary/aromatic N) is 4. The van der Waals surface area contributed by atoms with Crippen molar-refractivity contribution >= 4 is 29.4 Å². The lowest BCUT2D eigenvalue weighted by molar-refractivity contribution is -0.118.